The van der Waals surface area contributed by atoms with Crippen LogP contribution in [0.4, 0.5) is 0 Å². The first kappa shape index (κ1) is 86.2. The molecule has 0 saturated carbocycles. The van der Waals surface area contributed by atoms with Crippen LogP contribution in [0.5, 0.6) is 23.0 Å². The van der Waals surface area contributed by atoms with Crippen molar-refractivity contribution < 1.29 is 72.8 Å². The van der Waals surface area contributed by atoms with E-state index >= 15 is 0 Å². The van der Waals surface area contributed by atoms with E-state index in [1.54, 1.807) is 0 Å². The Morgan fingerprint density at radius 2 is 0.417 bits per heavy atom. The Morgan fingerprint density at radius 1 is 0.260 bits per heavy atom. The summed E-state index contributed by atoms with van der Waals surface area (Å²) in [7, 11) is 8.23. The van der Waals surface area contributed by atoms with Crippen molar-refractivity contribution in [1.29, 1.82) is 0 Å². The molecular formula is C86H106N4O4Zr2+. The summed E-state index contributed by atoms with van der Waals surface area (Å²) in [4.78, 5) is 8.86. The molecule has 0 heterocycles. The van der Waals surface area contributed by atoms with Gasteiger partial charge in [0.1, 0.15) is 23.0 Å². The molecule has 10 aromatic rings. The van der Waals surface area contributed by atoms with Crippen LogP contribution >= 0.6 is 0 Å². The van der Waals surface area contributed by atoms with Crippen LogP contribution in [-0.4, -0.2) is 94.4 Å². The minimum Gasteiger partial charge on any atom is -0.507 e. The van der Waals surface area contributed by atoms with Gasteiger partial charge in [-0.15, -0.1) is 72.8 Å². The number of nitrogens with zero attached hydrogens (tertiary/aromatic N) is 4. The first-order valence-corrected chi connectivity index (χ1v) is 31.8. The van der Waals surface area contributed by atoms with E-state index in [1.165, 1.54) is 0 Å². The number of likely N-dealkylation sites (N-methyl/N-ethyl adjacent to an activating group) is 2. The summed E-state index contributed by atoms with van der Waals surface area (Å²) in [5.74, 6) is 1.48. The predicted octanol–water partition coefficient (Wildman–Crippen LogP) is 19.0. The van der Waals surface area contributed by atoms with Crippen LogP contribution in [-0.2, 0) is 78.6 Å². The molecule has 0 aliphatic heterocycles. The number of hydrogen-bond donors (Lipinski definition) is 4. The predicted molar refractivity (Wildman–Crippen MR) is 401 cm³/mol. The molecule has 501 valence electrons. The van der Waals surface area contributed by atoms with Crippen molar-refractivity contribution in [2.75, 3.05) is 54.4 Å². The van der Waals surface area contributed by atoms with Crippen molar-refractivity contribution in [3.05, 3.63) is 372 Å². The number of aryl methyl sites for hydroxylation is 8. The summed E-state index contributed by atoms with van der Waals surface area (Å²) in [6, 6.07) is 75.4. The Labute approximate surface area is 618 Å². The topological polar surface area (TPSA) is 93.9 Å². The fourth-order valence-corrected chi connectivity index (χ4v) is 9.62. The normalized spacial score (nSPS) is 10.0. The molecule has 0 unspecified atom stereocenters. The third kappa shape index (κ3) is 36.9. The van der Waals surface area contributed by atoms with Gasteiger partial charge in [0.2, 0.25) is 0 Å². The summed E-state index contributed by atoms with van der Waals surface area (Å²) in [6.07, 6.45) is 0. The van der Waals surface area contributed by atoms with Crippen molar-refractivity contribution in [3.8, 4) is 23.0 Å². The third-order valence-corrected chi connectivity index (χ3v) is 14.5. The SMILES string of the molecule is Cc1cc(C)c(O)c(CN(CCN(C)C)Cc2cc(C)cc(C)c2O)c1.Cc1cc(C)c(O)c(CN(CCN(C)C)Cc2cc(C)cc(C)c2O)c1.[CH2-]c1ccccc1.[CH2-]c1ccccc1.[CH2-]c1ccccc1.[CH2-]c1ccccc1.[CH2-]c1ccccc1.[CH2-]c1ccccc1.[Zr+3].[Zr+4]. The molecule has 0 spiro atoms. The summed E-state index contributed by atoms with van der Waals surface area (Å²) in [5.41, 5.74) is 18.4. The molecule has 8 nitrogen and oxygen atoms in total. The third-order valence-electron chi connectivity index (χ3n) is 14.5. The summed E-state index contributed by atoms with van der Waals surface area (Å²) < 4.78 is 0. The molecule has 0 aliphatic rings. The molecular weight excluding hydrogens is 1340 g/mol. The van der Waals surface area contributed by atoms with Crippen molar-refractivity contribution in [1.82, 2.24) is 19.6 Å². The largest absolute Gasteiger partial charge is 4.00 e. The van der Waals surface area contributed by atoms with E-state index in [0.29, 0.717) is 49.2 Å². The summed E-state index contributed by atoms with van der Waals surface area (Å²) >= 11 is 0. The van der Waals surface area contributed by atoms with Crippen LogP contribution in [0.3, 0.4) is 0 Å². The Morgan fingerprint density at radius 3 is 0.542 bits per heavy atom. The standard InChI is InChI=1S/2C22H32N2O2.6C7H7.2Zr/c2*1-15-9-17(3)21(25)19(11-15)13-24(8-7-23(5)6)14-20-12-16(2)10-18(4)22(20)26;6*1-7-5-3-2-4-6-7;;/h2*9-12,25-26H,7-8,13-14H2,1-6H3;6*2-6H,1H2;;/q;;6*-1;+3;+4. The van der Waals surface area contributed by atoms with E-state index in [0.717, 1.165) is 126 Å². The second-order valence-electron chi connectivity index (χ2n) is 24.3. The fourth-order valence-electron chi connectivity index (χ4n) is 9.62. The maximum Gasteiger partial charge on any atom is 4.00 e. The van der Waals surface area contributed by atoms with Crippen molar-refractivity contribution in [2.45, 2.75) is 81.6 Å². The number of hydrogen-bond acceptors (Lipinski definition) is 8. The van der Waals surface area contributed by atoms with Gasteiger partial charge in [0.05, 0.1) is 0 Å². The van der Waals surface area contributed by atoms with Gasteiger partial charge < -0.3 is 30.2 Å². The monoisotopic (exact) mass is 1440 g/mol. The zero-order valence-electron chi connectivity index (χ0n) is 59.4. The Balaban J connectivity index is 0.000000597. The maximum atomic E-state index is 10.5. The van der Waals surface area contributed by atoms with Gasteiger partial charge in [-0.2, -0.15) is 148 Å². The van der Waals surface area contributed by atoms with Gasteiger partial charge in [-0.3, -0.25) is 9.80 Å². The molecule has 0 saturated heterocycles. The van der Waals surface area contributed by atoms with E-state index in [1.807, 2.05) is 258 Å². The molecule has 10 heteroatoms. The number of benzene rings is 10. The van der Waals surface area contributed by atoms with Gasteiger partial charge in [-0.05, 0) is 106 Å². The summed E-state index contributed by atoms with van der Waals surface area (Å²) in [5, 5.41) is 41.9. The van der Waals surface area contributed by atoms with Gasteiger partial charge in [-0.25, -0.2) is 0 Å². The molecule has 0 atom stereocenters. The van der Waals surface area contributed by atoms with Gasteiger partial charge >= 0.3 is 52.4 Å². The Bertz CT molecular complexity index is 3130. The van der Waals surface area contributed by atoms with Gasteiger partial charge in [0.25, 0.3) is 0 Å². The zero-order valence-corrected chi connectivity index (χ0v) is 64.3. The second-order valence-corrected chi connectivity index (χ2v) is 24.3. The smallest absolute Gasteiger partial charge is 0.507 e. The number of rotatable bonds is 14. The molecule has 0 amide bonds. The van der Waals surface area contributed by atoms with Crippen molar-refractivity contribution in [3.63, 3.8) is 0 Å². The molecule has 4 N–H and O–H groups in total. The average Bonchev–Trinajstić information content (AvgIpc) is 0.846. The molecule has 0 aromatic heterocycles. The van der Waals surface area contributed by atoms with Gasteiger partial charge in [0, 0.05) is 74.6 Å². The maximum absolute atomic E-state index is 10.5. The van der Waals surface area contributed by atoms with Gasteiger partial charge in [-0.1, -0.05) is 107 Å². The quantitative estimate of drug-likeness (QED) is 0.0801. The van der Waals surface area contributed by atoms with E-state index in [-0.39, 0.29) is 52.4 Å². The summed E-state index contributed by atoms with van der Waals surface area (Å²) in [6.45, 7) is 44.4. The molecule has 0 fully saturated rings. The molecule has 10 rings (SSSR count). The molecule has 1 radical (unpaired) electrons. The van der Waals surface area contributed by atoms with Crippen LogP contribution in [0.1, 0.15) is 100 Å². The molecule has 0 aliphatic carbocycles. The number of phenols is 4. The van der Waals surface area contributed by atoms with Crippen LogP contribution in [0.2, 0.25) is 0 Å². The minimum atomic E-state index is 0. The van der Waals surface area contributed by atoms with Crippen LogP contribution in [0.25, 0.3) is 0 Å². The van der Waals surface area contributed by atoms with Crippen molar-refractivity contribution >= 4 is 0 Å². The average molecular weight is 1440 g/mol. The van der Waals surface area contributed by atoms with E-state index < -0.39 is 0 Å². The molecule has 96 heavy (non-hydrogen) atoms. The van der Waals surface area contributed by atoms with Crippen LogP contribution in [0.15, 0.2) is 231 Å². The zero-order chi connectivity index (χ0) is 69.5. The van der Waals surface area contributed by atoms with E-state index in [2.05, 4.69) is 117 Å². The first-order chi connectivity index (χ1) is 44.7. The Hall–Kier alpha value is -7.77. The van der Waals surface area contributed by atoms with Crippen LogP contribution < -0.4 is 0 Å². The Kier molecular flexibility index (Phi) is 43.1. The van der Waals surface area contributed by atoms with Crippen LogP contribution in [0, 0.1) is 96.9 Å². The first-order valence-electron chi connectivity index (χ1n) is 31.8. The molecule has 0 bridgehead atoms. The number of aromatic hydroxyl groups is 4. The minimum absolute atomic E-state index is 0. The van der Waals surface area contributed by atoms with Crippen molar-refractivity contribution in [2.24, 2.45) is 0 Å². The number of phenolic OH excluding ortho intramolecular Hbond substituents is 4. The van der Waals surface area contributed by atoms with E-state index in [4.69, 9.17) is 0 Å². The molecule has 10 aromatic carbocycles. The van der Waals surface area contributed by atoms with E-state index in [9.17, 15) is 20.4 Å². The van der Waals surface area contributed by atoms with Gasteiger partial charge in [0.15, 0.2) is 0 Å². The fraction of sp³-hybridized carbons (Fsp3) is 0.233. The second kappa shape index (κ2) is 48.0.